The van der Waals surface area contributed by atoms with Crippen LogP contribution in [-0.4, -0.2) is 29.8 Å². The second kappa shape index (κ2) is 5.33. The number of carbonyl (C=O) groups excluding carboxylic acids is 1. The standard InChI is InChI=1S/C18H25NO/c1-12-4-5-13(2)14(8-12)11-18(20)15-9-16-6-7-17(10-15)19(16)3/h4-5,8,15-17H,6-7,9-11H2,1-3H3. The normalized spacial score (nSPS) is 29.6. The van der Waals surface area contributed by atoms with Gasteiger partial charge in [-0.3, -0.25) is 4.79 Å². The first-order chi connectivity index (χ1) is 9.54. The first kappa shape index (κ1) is 13.8. The number of carbonyl (C=O) groups is 1. The van der Waals surface area contributed by atoms with E-state index in [1.807, 2.05) is 0 Å². The molecule has 108 valence electrons. The van der Waals surface area contributed by atoms with E-state index >= 15 is 0 Å². The number of fused-ring (bicyclic) bond motifs is 2. The molecule has 1 aromatic rings. The first-order valence-corrected chi connectivity index (χ1v) is 7.85. The zero-order valence-electron chi connectivity index (χ0n) is 12.9. The highest BCUT2D eigenvalue weighted by molar-refractivity contribution is 5.83. The molecule has 0 radical (unpaired) electrons. The summed E-state index contributed by atoms with van der Waals surface area (Å²) in [7, 11) is 2.23. The molecule has 2 nitrogen and oxygen atoms in total. The van der Waals surface area contributed by atoms with E-state index in [9.17, 15) is 4.79 Å². The van der Waals surface area contributed by atoms with Crippen LogP contribution in [0.25, 0.3) is 0 Å². The Morgan fingerprint density at radius 2 is 1.85 bits per heavy atom. The molecule has 2 unspecified atom stereocenters. The minimum absolute atomic E-state index is 0.295. The fraction of sp³-hybridized carbons (Fsp3) is 0.611. The van der Waals surface area contributed by atoms with Crippen molar-refractivity contribution in [2.24, 2.45) is 5.92 Å². The molecule has 2 aliphatic rings. The van der Waals surface area contributed by atoms with Gasteiger partial charge in [0, 0.05) is 24.4 Å². The molecule has 2 aliphatic heterocycles. The van der Waals surface area contributed by atoms with Gasteiger partial charge in [-0.1, -0.05) is 23.8 Å². The molecule has 2 atom stereocenters. The van der Waals surface area contributed by atoms with Crippen molar-refractivity contribution in [1.29, 1.82) is 0 Å². The summed E-state index contributed by atoms with van der Waals surface area (Å²) in [5, 5.41) is 0. The summed E-state index contributed by atoms with van der Waals surface area (Å²) >= 11 is 0. The minimum Gasteiger partial charge on any atom is -0.300 e. The van der Waals surface area contributed by atoms with Crippen molar-refractivity contribution in [1.82, 2.24) is 4.90 Å². The van der Waals surface area contributed by atoms with Gasteiger partial charge in [-0.25, -0.2) is 0 Å². The van der Waals surface area contributed by atoms with Crippen LogP contribution in [0.3, 0.4) is 0 Å². The van der Waals surface area contributed by atoms with E-state index in [0.29, 0.717) is 30.2 Å². The molecule has 20 heavy (non-hydrogen) atoms. The summed E-state index contributed by atoms with van der Waals surface area (Å²) in [5.41, 5.74) is 3.72. The number of nitrogens with zero attached hydrogens (tertiary/aromatic N) is 1. The Bertz CT molecular complexity index is 508. The van der Waals surface area contributed by atoms with E-state index in [0.717, 1.165) is 12.8 Å². The van der Waals surface area contributed by atoms with Crippen LogP contribution >= 0.6 is 0 Å². The van der Waals surface area contributed by atoms with Crippen molar-refractivity contribution < 1.29 is 4.79 Å². The SMILES string of the molecule is Cc1ccc(C)c(CC(=O)C2CC3CCC(C2)N3C)c1. The summed E-state index contributed by atoms with van der Waals surface area (Å²) in [6, 6.07) is 7.74. The van der Waals surface area contributed by atoms with Crippen LogP contribution in [0.4, 0.5) is 0 Å². The van der Waals surface area contributed by atoms with Crippen LogP contribution in [0.2, 0.25) is 0 Å². The Labute approximate surface area is 122 Å². The summed E-state index contributed by atoms with van der Waals surface area (Å²) < 4.78 is 0. The molecule has 2 bridgehead atoms. The fourth-order valence-corrected chi connectivity index (χ4v) is 4.00. The molecule has 2 heterocycles. The molecule has 0 saturated carbocycles. The lowest BCUT2D eigenvalue weighted by Gasteiger charge is -2.35. The number of hydrogen-bond acceptors (Lipinski definition) is 2. The second-order valence-electron chi connectivity index (χ2n) is 6.79. The summed E-state index contributed by atoms with van der Waals surface area (Å²) in [4.78, 5) is 15.1. The van der Waals surface area contributed by atoms with Gasteiger partial charge < -0.3 is 4.90 Å². The molecule has 0 aliphatic carbocycles. The van der Waals surface area contributed by atoms with Gasteiger partial charge in [-0.05, 0) is 57.7 Å². The lowest BCUT2D eigenvalue weighted by Crippen LogP contribution is -2.42. The molecule has 0 amide bonds. The van der Waals surface area contributed by atoms with Gasteiger partial charge in [0.2, 0.25) is 0 Å². The summed E-state index contributed by atoms with van der Waals surface area (Å²) in [6.45, 7) is 4.21. The Kier molecular flexibility index (Phi) is 3.68. The van der Waals surface area contributed by atoms with Crippen LogP contribution in [0.1, 0.15) is 42.4 Å². The Morgan fingerprint density at radius 3 is 2.50 bits per heavy atom. The lowest BCUT2D eigenvalue weighted by molar-refractivity contribution is -0.124. The predicted molar refractivity (Wildman–Crippen MR) is 81.9 cm³/mol. The van der Waals surface area contributed by atoms with E-state index in [-0.39, 0.29) is 0 Å². The van der Waals surface area contributed by atoms with E-state index in [1.165, 1.54) is 29.5 Å². The van der Waals surface area contributed by atoms with Gasteiger partial charge in [0.05, 0.1) is 0 Å². The Hall–Kier alpha value is -1.15. The van der Waals surface area contributed by atoms with Crippen LogP contribution in [0.5, 0.6) is 0 Å². The van der Waals surface area contributed by atoms with E-state index in [2.05, 4.69) is 44.0 Å². The van der Waals surface area contributed by atoms with Crippen molar-refractivity contribution in [3.8, 4) is 0 Å². The fourth-order valence-electron chi connectivity index (χ4n) is 4.00. The van der Waals surface area contributed by atoms with Crippen molar-refractivity contribution in [2.75, 3.05) is 7.05 Å². The molecule has 0 N–H and O–H groups in total. The van der Waals surface area contributed by atoms with Gasteiger partial charge >= 0.3 is 0 Å². The molecular formula is C18H25NO. The second-order valence-corrected chi connectivity index (χ2v) is 6.79. The number of aryl methyl sites for hydroxylation is 2. The maximum atomic E-state index is 12.6. The van der Waals surface area contributed by atoms with Crippen LogP contribution in [-0.2, 0) is 11.2 Å². The smallest absolute Gasteiger partial charge is 0.140 e. The number of benzene rings is 1. The maximum absolute atomic E-state index is 12.6. The number of Topliss-reactive ketones (excluding diaryl/α,β-unsaturated/α-hetero) is 1. The quantitative estimate of drug-likeness (QED) is 0.841. The van der Waals surface area contributed by atoms with Gasteiger partial charge in [0.25, 0.3) is 0 Å². The number of hydrogen-bond donors (Lipinski definition) is 0. The molecule has 3 rings (SSSR count). The highest BCUT2D eigenvalue weighted by Gasteiger charge is 2.40. The number of piperidine rings is 1. The zero-order valence-corrected chi connectivity index (χ0v) is 12.9. The summed E-state index contributed by atoms with van der Waals surface area (Å²) in [5.74, 6) is 0.757. The number of ketones is 1. The minimum atomic E-state index is 0.295. The first-order valence-electron chi connectivity index (χ1n) is 7.85. The molecule has 2 saturated heterocycles. The maximum Gasteiger partial charge on any atom is 0.140 e. The lowest BCUT2D eigenvalue weighted by atomic mass is 9.84. The van der Waals surface area contributed by atoms with Gasteiger partial charge in [0.15, 0.2) is 0 Å². The monoisotopic (exact) mass is 271 g/mol. The zero-order chi connectivity index (χ0) is 14.3. The molecule has 1 aromatic carbocycles. The Morgan fingerprint density at radius 1 is 1.20 bits per heavy atom. The molecule has 0 aromatic heterocycles. The van der Waals surface area contributed by atoms with E-state index in [1.54, 1.807) is 0 Å². The average Bonchev–Trinajstić information content (AvgIpc) is 2.65. The van der Waals surface area contributed by atoms with Crippen molar-refractivity contribution in [3.05, 3.63) is 34.9 Å². The van der Waals surface area contributed by atoms with Gasteiger partial charge in [-0.2, -0.15) is 0 Å². The van der Waals surface area contributed by atoms with Crippen LogP contribution < -0.4 is 0 Å². The van der Waals surface area contributed by atoms with Crippen LogP contribution in [0.15, 0.2) is 18.2 Å². The third-order valence-corrected chi connectivity index (χ3v) is 5.42. The molecule has 2 heteroatoms. The highest BCUT2D eigenvalue weighted by atomic mass is 16.1. The third kappa shape index (κ3) is 2.54. The number of rotatable bonds is 3. The van der Waals surface area contributed by atoms with Gasteiger partial charge in [-0.15, -0.1) is 0 Å². The van der Waals surface area contributed by atoms with Crippen molar-refractivity contribution >= 4 is 5.78 Å². The highest BCUT2D eigenvalue weighted by Crippen LogP contribution is 2.38. The van der Waals surface area contributed by atoms with Crippen molar-refractivity contribution in [2.45, 2.75) is 58.0 Å². The Balaban J connectivity index is 1.69. The molecular weight excluding hydrogens is 246 g/mol. The molecule has 0 spiro atoms. The third-order valence-electron chi connectivity index (χ3n) is 5.42. The van der Waals surface area contributed by atoms with Crippen molar-refractivity contribution in [3.63, 3.8) is 0 Å². The van der Waals surface area contributed by atoms with Crippen LogP contribution in [0, 0.1) is 19.8 Å². The van der Waals surface area contributed by atoms with E-state index < -0.39 is 0 Å². The predicted octanol–water partition coefficient (Wildman–Crippen LogP) is 3.29. The van der Waals surface area contributed by atoms with E-state index in [4.69, 9.17) is 0 Å². The summed E-state index contributed by atoms with van der Waals surface area (Å²) in [6.07, 6.45) is 5.36. The largest absolute Gasteiger partial charge is 0.300 e. The average molecular weight is 271 g/mol. The topological polar surface area (TPSA) is 20.3 Å². The molecule has 2 fully saturated rings. The van der Waals surface area contributed by atoms with Gasteiger partial charge in [0.1, 0.15) is 5.78 Å².